The number of anilines is 2. The van der Waals surface area contributed by atoms with Crippen molar-refractivity contribution in [3.63, 3.8) is 0 Å². The number of nitrogens with one attached hydrogen (secondary N) is 1. The molecule has 0 spiro atoms. The minimum Gasteiger partial charge on any atom is -0.362 e. The summed E-state index contributed by atoms with van der Waals surface area (Å²) < 4.78 is 0.885. The van der Waals surface area contributed by atoms with Gasteiger partial charge in [0.2, 0.25) is 5.91 Å². The first kappa shape index (κ1) is 14.6. The number of benzene rings is 2. The molecule has 0 unspecified atom stereocenters. The van der Waals surface area contributed by atoms with Crippen LogP contribution in [0.3, 0.4) is 0 Å². The molecule has 3 nitrogen and oxygen atoms in total. The number of carbonyl (C=O) groups is 1. The molecule has 104 valence electrons. The average Bonchev–Trinajstić information content (AvgIpc) is 2.48. The maximum atomic E-state index is 12.1. The van der Waals surface area contributed by atoms with Crippen molar-refractivity contribution in [2.45, 2.75) is 6.92 Å². The van der Waals surface area contributed by atoms with Crippen LogP contribution in [0.15, 0.2) is 59.1 Å². The molecule has 20 heavy (non-hydrogen) atoms. The summed E-state index contributed by atoms with van der Waals surface area (Å²) >= 11 is 3.42. The van der Waals surface area contributed by atoms with Gasteiger partial charge < -0.3 is 10.2 Å². The smallest absolute Gasteiger partial charge is 0.243 e. The van der Waals surface area contributed by atoms with E-state index in [1.54, 1.807) is 0 Å². The van der Waals surface area contributed by atoms with E-state index in [-0.39, 0.29) is 5.91 Å². The van der Waals surface area contributed by atoms with Crippen LogP contribution in [0.5, 0.6) is 0 Å². The van der Waals surface area contributed by atoms with Crippen molar-refractivity contribution in [1.29, 1.82) is 0 Å². The normalized spacial score (nSPS) is 10.1. The number of hydrogen-bond acceptors (Lipinski definition) is 2. The van der Waals surface area contributed by atoms with E-state index in [0.29, 0.717) is 6.54 Å². The first-order valence-electron chi connectivity index (χ1n) is 6.55. The molecule has 0 saturated carbocycles. The summed E-state index contributed by atoms with van der Waals surface area (Å²) in [6.07, 6.45) is 0. The zero-order valence-electron chi connectivity index (χ0n) is 11.3. The van der Waals surface area contributed by atoms with Crippen molar-refractivity contribution in [1.82, 2.24) is 0 Å². The van der Waals surface area contributed by atoms with Gasteiger partial charge in [0.1, 0.15) is 0 Å². The summed E-state index contributed by atoms with van der Waals surface area (Å²) in [5.74, 6) is -0.0254. The number of nitrogens with zero attached hydrogens (tertiary/aromatic N) is 1. The van der Waals surface area contributed by atoms with Crippen molar-refractivity contribution in [3.05, 3.63) is 59.1 Å². The number of carbonyl (C=O) groups excluding carboxylic acids is 1. The number of likely N-dealkylation sites (N-methyl/N-ethyl adjacent to an activating group) is 1. The van der Waals surface area contributed by atoms with Gasteiger partial charge in [0.25, 0.3) is 0 Å². The van der Waals surface area contributed by atoms with Gasteiger partial charge in [-0.3, -0.25) is 4.79 Å². The fourth-order valence-corrected chi connectivity index (χ4v) is 2.33. The van der Waals surface area contributed by atoms with Crippen LogP contribution in [0.2, 0.25) is 0 Å². The molecule has 0 radical (unpaired) electrons. The molecule has 0 aliphatic heterocycles. The first-order valence-corrected chi connectivity index (χ1v) is 7.34. The van der Waals surface area contributed by atoms with E-state index < -0.39 is 0 Å². The lowest BCUT2D eigenvalue weighted by molar-refractivity contribution is -0.115. The Morgan fingerprint density at radius 2 is 1.75 bits per heavy atom. The predicted octanol–water partition coefficient (Wildman–Crippen LogP) is 3.91. The molecular formula is C16H17BrN2O. The summed E-state index contributed by atoms with van der Waals surface area (Å²) in [4.78, 5) is 14.2. The van der Waals surface area contributed by atoms with Crippen molar-refractivity contribution in [2.24, 2.45) is 0 Å². The van der Waals surface area contributed by atoms with Crippen molar-refractivity contribution in [3.8, 4) is 0 Å². The molecule has 0 aliphatic carbocycles. The maximum absolute atomic E-state index is 12.1. The summed E-state index contributed by atoms with van der Waals surface area (Å²) in [6.45, 7) is 3.16. The Morgan fingerprint density at radius 3 is 2.40 bits per heavy atom. The van der Waals surface area contributed by atoms with Crippen LogP contribution in [0.1, 0.15) is 6.92 Å². The minimum absolute atomic E-state index is 0.0254. The Bertz CT molecular complexity index is 572. The molecule has 4 heteroatoms. The molecule has 0 aromatic heterocycles. The standard InChI is InChI=1S/C16H17BrN2O/c1-2-19(13-8-4-3-5-9-13)12-16(20)18-15-11-7-6-10-14(15)17/h3-11H,2,12H2,1H3,(H,18,20). The quantitative estimate of drug-likeness (QED) is 0.900. The zero-order valence-corrected chi connectivity index (χ0v) is 12.9. The van der Waals surface area contributed by atoms with Gasteiger partial charge >= 0.3 is 0 Å². The molecule has 0 atom stereocenters. The van der Waals surface area contributed by atoms with Crippen LogP contribution < -0.4 is 10.2 Å². The minimum atomic E-state index is -0.0254. The third-order valence-electron chi connectivity index (χ3n) is 2.99. The molecular weight excluding hydrogens is 316 g/mol. The molecule has 1 amide bonds. The van der Waals surface area contributed by atoms with Gasteiger partial charge in [0.05, 0.1) is 12.2 Å². The molecule has 0 aliphatic rings. The van der Waals surface area contributed by atoms with E-state index in [9.17, 15) is 4.79 Å². The highest BCUT2D eigenvalue weighted by Gasteiger charge is 2.10. The third-order valence-corrected chi connectivity index (χ3v) is 3.68. The number of halogens is 1. The van der Waals surface area contributed by atoms with Crippen LogP contribution in [0.4, 0.5) is 11.4 Å². The van der Waals surface area contributed by atoms with Crippen molar-refractivity contribution < 1.29 is 4.79 Å². The van der Waals surface area contributed by atoms with Crippen molar-refractivity contribution >= 4 is 33.2 Å². The second-order valence-electron chi connectivity index (χ2n) is 4.38. The number of amides is 1. The largest absolute Gasteiger partial charge is 0.362 e. The van der Waals surface area contributed by atoms with Crippen LogP contribution >= 0.6 is 15.9 Å². The Balaban J connectivity index is 2.02. The average molecular weight is 333 g/mol. The summed E-state index contributed by atoms with van der Waals surface area (Å²) in [7, 11) is 0. The second-order valence-corrected chi connectivity index (χ2v) is 5.23. The second kappa shape index (κ2) is 7.10. The third kappa shape index (κ3) is 3.84. The lowest BCUT2D eigenvalue weighted by Gasteiger charge is -2.22. The highest BCUT2D eigenvalue weighted by Crippen LogP contribution is 2.21. The van der Waals surface area contributed by atoms with E-state index in [2.05, 4.69) is 21.2 Å². The van der Waals surface area contributed by atoms with Gasteiger partial charge in [-0.15, -0.1) is 0 Å². The van der Waals surface area contributed by atoms with E-state index in [4.69, 9.17) is 0 Å². The maximum Gasteiger partial charge on any atom is 0.243 e. The number of rotatable bonds is 5. The molecule has 0 heterocycles. The van der Waals surface area contributed by atoms with Gasteiger partial charge in [-0.05, 0) is 47.1 Å². The van der Waals surface area contributed by atoms with Gasteiger partial charge in [0, 0.05) is 16.7 Å². The molecule has 0 bridgehead atoms. The number of para-hydroxylation sites is 2. The summed E-state index contributed by atoms with van der Waals surface area (Å²) in [6, 6.07) is 17.5. The van der Waals surface area contributed by atoms with E-state index in [1.165, 1.54) is 0 Å². The number of hydrogen-bond donors (Lipinski definition) is 1. The topological polar surface area (TPSA) is 32.3 Å². The molecule has 2 aromatic carbocycles. The van der Waals surface area contributed by atoms with Crippen molar-refractivity contribution in [2.75, 3.05) is 23.3 Å². The molecule has 0 saturated heterocycles. The fourth-order valence-electron chi connectivity index (χ4n) is 1.95. The molecule has 1 N–H and O–H groups in total. The summed E-state index contributed by atoms with van der Waals surface area (Å²) in [5.41, 5.74) is 1.85. The fraction of sp³-hybridized carbons (Fsp3) is 0.188. The highest BCUT2D eigenvalue weighted by molar-refractivity contribution is 9.10. The van der Waals surface area contributed by atoms with Crippen LogP contribution in [-0.4, -0.2) is 19.0 Å². The highest BCUT2D eigenvalue weighted by atomic mass is 79.9. The molecule has 2 aromatic rings. The van der Waals surface area contributed by atoms with E-state index in [1.807, 2.05) is 66.4 Å². The monoisotopic (exact) mass is 332 g/mol. The van der Waals surface area contributed by atoms with E-state index >= 15 is 0 Å². The Kier molecular flexibility index (Phi) is 5.18. The van der Waals surface area contributed by atoms with Gasteiger partial charge in [-0.2, -0.15) is 0 Å². The molecule has 0 fully saturated rings. The van der Waals surface area contributed by atoms with Crippen LogP contribution in [-0.2, 0) is 4.79 Å². The Hall–Kier alpha value is -1.81. The SMILES string of the molecule is CCN(CC(=O)Nc1ccccc1Br)c1ccccc1. The lowest BCUT2D eigenvalue weighted by atomic mass is 10.2. The Morgan fingerprint density at radius 1 is 1.10 bits per heavy atom. The molecule has 2 rings (SSSR count). The summed E-state index contributed by atoms with van der Waals surface area (Å²) in [5, 5.41) is 2.92. The van der Waals surface area contributed by atoms with Crippen LogP contribution in [0, 0.1) is 0 Å². The van der Waals surface area contributed by atoms with Gasteiger partial charge in [0.15, 0.2) is 0 Å². The first-order chi connectivity index (χ1) is 9.70. The predicted molar refractivity (Wildman–Crippen MR) is 87.1 cm³/mol. The van der Waals surface area contributed by atoms with Crippen LogP contribution in [0.25, 0.3) is 0 Å². The van der Waals surface area contributed by atoms with Gasteiger partial charge in [-0.25, -0.2) is 0 Å². The lowest BCUT2D eigenvalue weighted by Crippen LogP contribution is -2.33. The Labute approximate surface area is 127 Å². The van der Waals surface area contributed by atoms with E-state index in [0.717, 1.165) is 22.4 Å². The van der Waals surface area contributed by atoms with Gasteiger partial charge in [-0.1, -0.05) is 30.3 Å². The zero-order chi connectivity index (χ0) is 14.4.